The van der Waals surface area contributed by atoms with Crippen LogP contribution in [0.25, 0.3) is 33.4 Å². The van der Waals surface area contributed by atoms with Crippen LogP contribution in [0, 0.1) is 13.0 Å². The van der Waals surface area contributed by atoms with Gasteiger partial charge in [-0.15, -0.1) is 0 Å². The molecule has 0 spiro atoms. The first-order valence-corrected chi connectivity index (χ1v) is 9.07. The van der Waals surface area contributed by atoms with Gasteiger partial charge in [0.15, 0.2) is 0 Å². The third-order valence-electron chi connectivity index (χ3n) is 4.85. The van der Waals surface area contributed by atoms with Crippen LogP contribution in [0.2, 0.25) is 0 Å². The van der Waals surface area contributed by atoms with E-state index in [2.05, 4.69) is 79.7 Å². The SMILES string of the molecule is COc1ccc(-c2cc[c]c(-c3ccc(-c4ccccc4)c(C)c3)c2)cc1. The van der Waals surface area contributed by atoms with Gasteiger partial charge in [0.1, 0.15) is 5.75 Å². The zero-order chi connectivity index (χ0) is 18.6. The van der Waals surface area contributed by atoms with Crippen molar-refractivity contribution in [1.82, 2.24) is 0 Å². The van der Waals surface area contributed by atoms with Crippen molar-refractivity contribution in [2.45, 2.75) is 6.92 Å². The molecule has 131 valence electrons. The topological polar surface area (TPSA) is 9.23 Å². The van der Waals surface area contributed by atoms with E-state index in [9.17, 15) is 0 Å². The summed E-state index contributed by atoms with van der Waals surface area (Å²) in [5, 5.41) is 0. The highest BCUT2D eigenvalue weighted by molar-refractivity contribution is 5.76. The van der Waals surface area contributed by atoms with Gasteiger partial charge in [0.25, 0.3) is 0 Å². The third-order valence-corrected chi connectivity index (χ3v) is 4.85. The molecule has 0 N–H and O–H groups in total. The fourth-order valence-electron chi connectivity index (χ4n) is 3.37. The largest absolute Gasteiger partial charge is 0.497 e. The minimum atomic E-state index is 0.869. The Morgan fingerprint density at radius 3 is 2.11 bits per heavy atom. The average Bonchev–Trinajstić information content (AvgIpc) is 2.74. The van der Waals surface area contributed by atoms with Crippen molar-refractivity contribution < 1.29 is 4.74 Å². The molecule has 0 aliphatic rings. The van der Waals surface area contributed by atoms with Gasteiger partial charge in [0, 0.05) is 0 Å². The molecule has 0 heterocycles. The smallest absolute Gasteiger partial charge is 0.118 e. The van der Waals surface area contributed by atoms with Crippen LogP contribution < -0.4 is 4.74 Å². The monoisotopic (exact) mass is 349 g/mol. The van der Waals surface area contributed by atoms with E-state index >= 15 is 0 Å². The predicted octanol–water partition coefficient (Wildman–Crippen LogP) is 6.80. The van der Waals surface area contributed by atoms with Crippen molar-refractivity contribution in [3.63, 3.8) is 0 Å². The molecule has 1 nitrogen and oxygen atoms in total. The Bertz CT molecular complexity index is 1050. The minimum Gasteiger partial charge on any atom is -0.497 e. The highest BCUT2D eigenvalue weighted by Gasteiger charge is 2.06. The second kappa shape index (κ2) is 7.51. The summed E-state index contributed by atoms with van der Waals surface area (Å²) in [5.41, 5.74) is 8.42. The maximum atomic E-state index is 5.25. The lowest BCUT2D eigenvalue weighted by molar-refractivity contribution is 0.415. The van der Waals surface area contributed by atoms with Crippen molar-refractivity contribution in [3.8, 4) is 39.1 Å². The second-order valence-corrected chi connectivity index (χ2v) is 6.62. The standard InChI is InChI=1S/C26H21O/c1-19-17-24(13-16-26(19)21-7-4-3-5-8-21)23-10-6-9-22(18-23)20-11-14-25(27-2)15-12-20/h3-9,11-18H,1-2H3. The number of aryl methyl sites for hydroxylation is 1. The summed E-state index contributed by atoms with van der Waals surface area (Å²) < 4.78 is 5.25. The number of hydrogen-bond donors (Lipinski definition) is 0. The summed E-state index contributed by atoms with van der Waals surface area (Å²) in [4.78, 5) is 0. The minimum absolute atomic E-state index is 0.869. The molecule has 0 saturated heterocycles. The number of ether oxygens (including phenoxy) is 1. The van der Waals surface area contributed by atoms with Crippen LogP contribution in [0.5, 0.6) is 5.75 Å². The lowest BCUT2D eigenvalue weighted by Crippen LogP contribution is -1.87. The van der Waals surface area contributed by atoms with Gasteiger partial charge < -0.3 is 4.74 Å². The first-order valence-electron chi connectivity index (χ1n) is 9.07. The van der Waals surface area contributed by atoms with E-state index in [0.29, 0.717) is 0 Å². The fourth-order valence-corrected chi connectivity index (χ4v) is 3.37. The van der Waals surface area contributed by atoms with Crippen LogP contribution in [-0.4, -0.2) is 7.11 Å². The summed E-state index contributed by atoms with van der Waals surface area (Å²) in [6.45, 7) is 2.17. The molecule has 4 rings (SSSR count). The molecule has 0 aromatic heterocycles. The van der Waals surface area contributed by atoms with Crippen LogP contribution in [0.15, 0.2) is 91.0 Å². The van der Waals surface area contributed by atoms with Gasteiger partial charge in [-0.25, -0.2) is 0 Å². The Hall–Kier alpha value is -3.32. The van der Waals surface area contributed by atoms with Crippen molar-refractivity contribution in [1.29, 1.82) is 0 Å². The number of benzene rings is 4. The Labute approximate surface area is 160 Å². The van der Waals surface area contributed by atoms with Crippen molar-refractivity contribution >= 4 is 0 Å². The lowest BCUT2D eigenvalue weighted by Gasteiger charge is -2.10. The molecule has 0 fully saturated rings. The Morgan fingerprint density at radius 2 is 1.41 bits per heavy atom. The molecular formula is C26H21O. The molecule has 0 saturated carbocycles. The first-order chi connectivity index (χ1) is 13.2. The molecule has 4 aromatic carbocycles. The van der Waals surface area contributed by atoms with E-state index in [1.807, 2.05) is 24.3 Å². The molecule has 0 aliphatic heterocycles. The Morgan fingerprint density at radius 1 is 0.667 bits per heavy atom. The fraction of sp³-hybridized carbons (Fsp3) is 0.0769. The van der Waals surface area contributed by atoms with Crippen LogP contribution in [0.3, 0.4) is 0 Å². The van der Waals surface area contributed by atoms with Crippen LogP contribution >= 0.6 is 0 Å². The Kier molecular flexibility index (Phi) is 4.76. The number of rotatable bonds is 4. The molecule has 0 unspecified atom stereocenters. The van der Waals surface area contributed by atoms with Gasteiger partial charge in [-0.3, -0.25) is 0 Å². The second-order valence-electron chi connectivity index (χ2n) is 6.62. The van der Waals surface area contributed by atoms with Crippen molar-refractivity contribution in [3.05, 3.63) is 103 Å². The Balaban J connectivity index is 1.68. The van der Waals surface area contributed by atoms with Crippen molar-refractivity contribution in [2.24, 2.45) is 0 Å². The third kappa shape index (κ3) is 3.63. The van der Waals surface area contributed by atoms with Crippen LogP contribution in [0.4, 0.5) is 0 Å². The molecule has 0 bridgehead atoms. The van der Waals surface area contributed by atoms with Gasteiger partial charge in [0.2, 0.25) is 0 Å². The van der Waals surface area contributed by atoms with Gasteiger partial charge >= 0.3 is 0 Å². The summed E-state index contributed by atoms with van der Waals surface area (Å²) in [6, 6.07) is 34.9. The highest BCUT2D eigenvalue weighted by Crippen LogP contribution is 2.31. The molecule has 27 heavy (non-hydrogen) atoms. The van der Waals surface area contributed by atoms with Gasteiger partial charge in [0.05, 0.1) is 7.11 Å². The molecule has 1 heteroatoms. The van der Waals surface area contributed by atoms with E-state index in [-0.39, 0.29) is 0 Å². The van der Waals surface area contributed by atoms with E-state index in [1.54, 1.807) is 7.11 Å². The summed E-state index contributed by atoms with van der Waals surface area (Å²) >= 11 is 0. The van der Waals surface area contributed by atoms with Crippen molar-refractivity contribution in [2.75, 3.05) is 7.11 Å². The molecule has 0 aliphatic carbocycles. The molecule has 4 aromatic rings. The van der Waals surface area contributed by atoms with E-state index in [4.69, 9.17) is 4.74 Å². The van der Waals surface area contributed by atoms with Gasteiger partial charge in [-0.05, 0) is 70.1 Å². The van der Waals surface area contributed by atoms with E-state index in [0.717, 1.165) is 11.3 Å². The summed E-state index contributed by atoms with van der Waals surface area (Å²) in [6.07, 6.45) is 0. The molecule has 1 radical (unpaired) electrons. The zero-order valence-corrected chi connectivity index (χ0v) is 15.6. The predicted molar refractivity (Wildman–Crippen MR) is 113 cm³/mol. The van der Waals surface area contributed by atoms with Gasteiger partial charge in [-0.2, -0.15) is 0 Å². The number of methoxy groups -OCH3 is 1. The molecule has 0 amide bonds. The number of hydrogen-bond acceptors (Lipinski definition) is 1. The lowest BCUT2D eigenvalue weighted by atomic mass is 9.94. The van der Waals surface area contributed by atoms with Crippen LogP contribution in [0.1, 0.15) is 5.56 Å². The highest BCUT2D eigenvalue weighted by atomic mass is 16.5. The summed E-state index contributed by atoms with van der Waals surface area (Å²) in [5.74, 6) is 0.869. The maximum Gasteiger partial charge on any atom is 0.118 e. The molecular weight excluding hydrogens is 328 g/mol. The van der Waals surface area contributed by atoms with E-state index in [1.165, 1.54) is 33.4 Å². The average molecular weight is 349 g/mol. The maximum absolute atomic E-state index is 5.25. The van der Waals surface area contributed by atoms with Crippen LogP contribution in [-0.2, 0) is 0 Å². The first kappa shape index (κ1) is 17.1. The quantitative estimate of drug-likeness (QED) is 0.393. The zero-order valence-electron chi connectivity index (χ0n) is 15.6. The summed E-state index contributed by atoms with van der Waals surface area (Å²) in [7, 11) is 1.69. The van der Waals surface area contributed by atoms with E-state index < -0.39 is 0 Å². The normalized spacial score (nSPS) is 10.6. The molecule has 0 atom stereocenters. The van der Waals surface area contributed by atoms with Gasteiger partial charge in [-0.1, -0.05) is 72.8 Å².